The van der Waals surface area contributed by atoms with Gasteiger partial charge >= 0.3 is 0 Å². The van der Waals surface area contributed by atoms with Gasteiger partial charge in [-0.2, -0.15) is 17.0 Å². The molecule has 0 saturated heterocycles. The van der Waals surface area contributed by atoms with Crippen molar-refractivity contribution in [2.45, 2.75) is 12.8 Å². The molecule has 0 radical (unpaired) electrons. The van der Waals surface area contributed by atoms with Crippen LogP contribution < -0.4 is 5.32 Å². The third-order valence-electron chi connectivity index (χ3n) is 3.25. The molecular formula is C14H25N3O2S. The molecule has 0 aliphatic carbocycles. The normalized spacial score (nSPS) is 12.2. The zero-order valence-electron chi connectivity index (χ0n) is 12.5. The van der Waals surface area contributed by atoms with Gasteiger partial charge in [0, 0.05) is 27.2 Å². The molecule has 0 atom stereocenters. The molecule has 1 aromatic carbocycles. The highest BCUT2D eigenvalue weighted by molar-refractivity contribution is 7.86. The molecule has 0 heterocycles. The van der Waals surface area contributed by atoms with Gasteiger partial charge in [0.15, 0.2) is 0 Å². The van der Waals surface area contributed by atoms with Crippen LogP contribution in [-0.4, -0.2) is 57.8 Å². The average Bonchev–Trinajstić information content (AvgIpc) is 2.45. The SMILES string of the molecule is CNCCCN(C)S(=O)(=O)N(C)CCc1ccccc1. The van der Waals surface area contributed by atoms with E-state index in [2.05, 4.69) is 5.32 Å². The fourth-order valence-corrected chi connectivity index (χ4v) is 3.04. The second-order valence-electron chi connectivity index (χ2n) is 4.84. The monoisotopic (exact) mass is 299 g/mol. The van der Waals surface area contributed by atoms with Crippen LogP contribution in [0.15, 0.2) is 30.3 Å². The van der Waals surface area contributed by atoms with Crippen LogP contribution in [0.1, 0.15) is 12.0 Å². The standard InChI is InChI=1S/C14H25N3O2S/c1-15-11-7-12-16(2)20(18,19)17(3)13-10-14-8-5-4-6-9-14/h4-6,8-9,15H,7,10-13H2,1-3H3. The van der Waals surface area contributed by atoms with E-state index in [0.717, 1.165) is 24.9 Å². The average molecular weight is 299 g/mol. The Bertz CT molecular complexity index is 476. The molecule has 1 aromatic rings. The zero-order chi connectivity index (χ0) is 15.0. The maximum absolute atomic E-state index is 12.3. The van der Waals surface area contributed by atoms with Gasteiger partial charge in [0.1, 0.15) is 0 Å². The van der Waals surface area contributed by atoms with Crippen LogP contribution in [0.25, 0.3) is 0 Å². The molecular weight excluding hydrogens is 274 g/mol. The van der Waals surface area contributed by atoms with Crippen molar-refractivity contribution in [2.24, 2.45) is 0 Å². The van der Waals surface area contributed by atoms with E-state index < -0.39 is 10.2 Å². The Balaban J connectivity index is 2.49. The maximum Gasteiger partial charge on any atom is 0.281 e. The minimum atomic E-state index is -3.35. The lowest BCUT2D eigenvalue weighted by Crippen LogP contribution is -2.41. The van der Waals surface area contributed by atoms with Crippen molar-refractivity contribution >= 4 is 10.2 Å². The molecule has 0 bridgehead atoms. The molecule has 114 valence electrons. The Hall–Kier alpha value is -0.950. The number of nitrogens with one attached hydrogen (secondary N) is 1. The van der Waals surface area contributed by atoms with Crippen LogP contribution >= 0.6 is 0 Å². The summed E-state index contributed by atoms with van der Waals surface area (Å²) < 4.78 is 27.4. The highest BCUT2D eigenvalue weighted by Crippen LogP contribution is 2.07. The van der Waals surface area contributed by atoms with E-state index in [4.69, 9.17) is 0 Å². The Morgan fingerprint density at radius 2 is 1.65 bits per heavy atom. The Morgan fingerprint density at radius 3 is 2.25 bits per heavy atom. The second kappa shape index (κ2) is 8.36. The van der Waals surface area contributed by atoms with Crippen LogP contribution in [-0.2, 0) is 16.6 Å². The number of hydrogen-bond donors (Lipinski definition) is 1. The molecule has 0 aromatic heterocycles. The summed E-state index contributed by atoms with van der Waals surface area (Å²) in [6.07, 6.45) is 1.53. The molecule has 0 aliphatic rings. The predicted molar refractivity (Wildman–Crippen MR) is 82.9 cm³/mol. The van der Waals surface area contributed by atoms with Gasteiger partial charge in [-0.3, -0.25) is 0 Å². The molecule has 0 unspecified atom stereocenters. The van der Waals surface area contributed by atoms with Crippen molar-refractivity contribution in [3.63, 3.8) is 0 Å². The molecule has 5 nitrogen and oxygen atoms in total. The first-order valence-electron chi connectivity index (χ1n) is 6.84. The van der Waals surface area contributed by atoms with Gasteiger partial charge in [-0.25, -0.2) is 0 Å². The lowest BCUT2D eigenvalue weighted by molar-refractivity contribution is 0.389. The summed E-state index contributed by atoms with van der Waals surface area (Å²) in [6.45, 7) is 1.83. The number of nitrogens with zero attached hydrogens (tertiary/aromatic N) is 2. The van der Waals surface area contributed by atoms with Crippen LogP contribution in [0.2, 0.25) is 0 Å². The number of likely N-dealkylation sites (N-methyl/N-ethyl adjacent to an activating group) is 1. The van der Waals surface area contributed by atoms with E-state index >= 15 is 0 Å². The van der Waals surface area contributed by atoms with Gasteiger partial charge in [-0.1, -0.05) is 30.3 Å². The summed E-state index contributed by atoms with van der Waals surface area (Å²) >= 11 is 0. The minimum absolute atomic E-state index is 0.489. The molecule has 0 amide bonds. The van der Waals surface area contributed by atoms with Crippen molar-refractivity contribution in [2.75, 3.05) is 40.8 Å². The summed E-state index contributed by atoms with van der Waals surface area (Å²) in [5, 5.41) is 3.02. The second-order valence-corrected chi connectivity index (χ2v) is 6.99. The van der Waals surface area contributed by atoms with Gasteiger partial charge < -0.3 is 5.32 Å². The molecule has 0 saturated carbocycles. The van der Waals surface area contributed by atoms with Crippen LogP contribution in [0.4, 0.5) is 0 Å². The molecule has 0 aliphatic heterocycles. The van der Waals surface area contributed by atoms with Crippen molar-refractivity contribution in [1.82, 2.24) is 13.9 Å². The van der Waals surface area contributed by atoms with Crippen LogP contribution in [0.3, 0.4) is 0 Å². The van der Waals surface area contributed by atoms with Crippen molar-refractivity contribution in [1.29, 1.82) is 0 Å². The summed E-state index contributed by atoms with van der Waals surface area (Å²) in [6, 6.07) is 9.91. The molecule has 0 spiro atoms. The molecule has 6 heteroatoms. The van der Waals surface area contributed by atoms with Crippen LogP contribution in [0, 0.1) is 0 Å². The Kier molecular flexibility index (Phi) is 7.15. The smallest absolute Gasteiger partial charge is 0.281 e. The minimum Gasteiger partial charge on any atom is -0.320 e. The topological polar surface area (TPSA) is 52.7 Å². The first kappa shape index (κ1) is 17.1. The third-order valence-corrected chi connectivity index (χ3v) is 5.19. The fourth-order valence-electron chi connectivity index (χ4n) is 1.88. The van der Waals surface area contributed by atoms with E-state index in [-0.39, 0.29) is 0 Å². The quantitative estimate of drug-likeness (QED) is 0.691. The van der Waals surface area contributed by atoms with Gasteiger partial charge in [-0.15, -0.1) is 0 Å². The van der Waals surface area contributed by atoms with Crippen LogP contribution in [0.5, 0.6) is 0 Å². The van der Waals surface area contributed by atoms with E-state index in [1.165, 1.54) is 8.61 Å². The van der Waals surface area contributed by atoms with Gasteiger partial charge in [0.2, 0.25) is 0 Å². The molecule has 1 rings (SSSR count). The maximum atomic E-state index is 12.3. The van der Waals surface area contributed by atoms with E-state index in [1.54, 1.807) is 14.1 Å². The predicted octanol–water partition coefficient (Wildman–Crippen LogP) is 0.947. The van der Waals surface area contributed by atoms with Crippen molar-refractivity contribution in [3.05, 3.63) is 35.9 Å². The first-order chi connectivity index (χ1) is 9.48. The number of benzene rings is 1. The summed E-state index contributed by atoms with van der Waals surface area (Å²) in [5.41, 5.74) is 1.15. The Morgan fingerprint density at radius 1 is 1.05 bits per heavy atom. The van der Waals surface area contributed by atoms with Crippen molar-refractivity contribution in [3.8, 4) is 0 Å². The van der Waals surface area contributed by atoms with Gasteiger partial charge in [0.25, 0.3) is 10.2 Å². The number of rotatable bonds is 9. The summed E-state index contributed by atoms with van der Waals surface area (Å²) in [5.74, 6) is 0. The van der Waals surface area contributed by atoms with E-state index in [0.29, 0.717) is 13.1 Å². The lowest BCUT2D eigenvalue weighted by Gasteiger charge is -2.24. The molecule has 0 fully saturated rings. The molecule has 1 N–H and O–H groups in total. The fraction of sp³-hybridized carbons (Fsp3) is 0.571. The highest BCUT2D eigenvalue weighted by Gasteiger charge is 2.22. The van der Waals surface area contributed by atoms with Gasteiger partial charge in [0.05, 0.1) is 0 Å². The van der Waals surface area contributed by atoms with E-state index in [1.807, 2.05) is 37.4 Å². The third kappa shape index (κ3) is 5.20. The van der Waals surface area contributed by atoms with E-state index in [9.17, 15) is 8.42 Å². The summed E-state index contributed by atoms with van der Waals surface area (Å²) in [4.78, 5) is 0. The highest BCUT2D eigenvalue weighted by atomic mass is 32.2. The summed E-state index contributed by atoms with van der Waals surface area (Å²) in [7, 11) is 1.77. The largest absolute Gasteiger partial charge is 0.320 e. The first-order valence-corrected chi connectivity index (χ1v) is 8.24. The molecule has 20 heavy (non-hydrogen) atoms. The lowest BCUT2D eigenvalue weighted by atomic mass is 10.2. The number of hydrogen-bond acceptors (Lipinski definition) is 3. The van der Waals surface area contributed by atoms with Crippen molar-refractivity contribution < 1.29 is 8.42 Å². The Labute approximate surface area is 122 Å². The zero-order valence-corrected chi connectivity index (χ0v) is 13.4. The van der Waals surface area contributed by atoms with Gasteiger partial charge in [-0.05, 0) is 32.0 Å².